The summed E-state index contributed by atoms with van der Waals surface area (Å²) < 4.78 is 28.7. The zero-order chi connectivity index (χ0) is 21.2. The number of carbonyl (C=O) groups excluding carboxylic acids is 1. The van der Waals surface area contributed by atoms with Crippen molar-refractivity contribution in [3.63, 3.8) is 0 Å². The third kappa shape index (κ3) is 4.60. The molecule has 152 valence electrons. The third-order valence-electron chi connectivity index (χ3n) is 4.15. The Hall–Kier alpha value is -3.27. The van der Waals surface area contributed by atoms with Crippen LogP contribution in [0.1, 0.15) is 35.6 Å². The third-order valence-corrected chi connectivity index (χ3v) is 4.15. The number of nitrogens with zero attached hydrogens (tertiary/aromatic N) is 5. The summed E-state index contributed by atoms with van der Waals surface area (Å²) in [5, 5.41) is 22.2. The fourth-order valence-corrected chi connectivity index (χ4v) is 2.64. The van der Waals surface area contributed by atoms with E-state index in [4.69, 9.17) is 0 Å². The Labute approximate surface area is 165 Å². The topological polar surface area (TPSA) is 106 Å². The molecule has 1 amide bonds. The van der Waals surface area contributed by atoms with Crippen molar-refractivity contribution in [1.29, 1.82) is 0 Å². The highest BCUT2D eigenvalue weighted by Gasteiger charge is 2.32. The van der Waals surface area contributed by atoms with Crippen LogP contribution in [0.15, 0.2) is 36.5 Å². The summed E-state index contributed by atoms with van der Waals surface area (Å²) in [6.07, 6.45) is 1.66. The second-order valence-corrected chi connectivity index (χ2v) is 6.85. The van der Waals surface area contributed by atoms with Gasteiger partial charge in [-0.2, -0.15) is 13.5 Å². The van der Waals surface area contributed by atoms with Crippen LogP contribution in [-0.2, 0) is 5.92 Å². The Morgan fingerprint density at radius 3 is 2.69 bits per heavy atom. The van der Waals surface area contributed by atoms with Gasteiger partial charge in [-0.1, -0.05) is 6.07 Å². The van der Waals surface area contributed by atoms with Crippen LogP contribution in [0.5, 0.6) is 0 Å². The number of hydrogen-bond donors (Lipinski definition) is 2. The van der Waals surface area contributed by atoms with Crippen LogP contribution in [0.3, 0.4) is 0 Å². The van der Waals surface area contributed by atoms with E-state index in [1.54, 1.807) is 31.3 Å². The Morgan fingerprint density at radius 1 is 1.31 bits per heavy atom. The average Bonchev–Trinajstić information content (AvgIpc) is 3.18. The van der Waals surface area contributed by atoms with Crippen molar-refractivity contribution in [3.8, 4) is 16.9 Å². The van der Waals surface area contributed by atoms with E-state index in [0.717, 1.165) is 10.2 Å². The Morgan fingerprint density at radius 2 is 2.07 bits per heavy atom. The minimum atomic E-state index is -3.28. The molecule has 0 aliphatic heterocycles. The van der Waals surface area contributed by atoms with Crippen molar-refractivity contribution in [2.45, 2.75) is 32.7 Å². The number of pyridine rings is 1. The van der Waals surface area contributed by atoms with Gasteiger partial charge in [0.1, 0.15) is 0 Å². The molecule has 0 spiro atoms. The van der Waals surface area contributed by atoms with Gasteiger partial charge in [-0.3, -0.25) is 9.78 Å². The summed E-state index contributed by atoms with van der Waals surface area (Å²) in [6.45, 7) is 3.98. The quantitative estimate of drug-likeness (QED) is 0.655. The largest absolute Gasteiger partial charge is 0.394 e. The number of aliphatic hydroxyl groups is 1. The van der Waals surface area contributed by atoms with Gasteiger partial charge < -0.3 is 10.4 Å². The molecule has 29 heavy (non-hydrogen) atoms. The first kappa shape index (κ1) is 20.5. The molecule has 0 saturated carbocycles. The first-order valence-electron chi connectivity index (χ1n) is 8.86. The maximum Gasteiger partial charge on any atom is 0.305 e. The van der Waals surface area contributed by atoms with Crippen LogP contribution < -0.4 is 5.32 Å². The maximum absolute atomic E-state index is 13.9. The lowest BCUT2D eigenvalue weighted by atomic mass is 10.0. The smallest absolute Gasteiger partial charge is 0.305 e. The van der Waals surface area contributed by atoms with E-state index in [-0.39, 0.29) is 17.9 Å². The van der Waals surface area contributed by atoms with Crippen molar-refractivity contribution in [2.75, 3.05) is 6.61 Å². The number of aryl methyl sites for hydroxylation is 1. The lowest BCUT2D eigenvalue weighted by Gasteiger charge is -2.15. The minimum absolute atomic E-state index is 0.188. The summed E-state index contributed by atoms with van der Waals surface area (Å²) in [5.74, 6) is -4.41. The number of nitrogens with one attached hydrogen (secondary N) is 1. The fourth-order valence-electron chi connectivity index (χ4n) is 2.64. The van der Waals surface area contributed by atoms with Crippen molar-refractivity contribution in [3.05, 3.63) is 53.5 Å². The molecule has 0 aliphatic rings. The van der Waals surface area contributed by atoms with Crippen LogP contribution >= 0.6 is 0 Å². The maximum atomic E-state index is 13.9. The number of halogens is 2. The second kappa shape index (κ2) is 8.00. The predicted octanol–water partition coefficient (Wildman–Crippen LogP) is 2.26. The molecule has 1 atom stereocenters. The predicted molar refractivity (Wildman–Crippen MR) is 101 cm³/mol. The normalized spacial score (nSPS) is 12.6. The number of rotatable bonds is 6. The highest BCUT2D eigenvalue weighted by molar-refractivity contribution is 5.96. The summed E-state index contributed by atoms with van der Waals surface area (Å²) in [4.78, 5) is 16.9. The number of benzene rings is 1. The van der Waals surface area contributed by atoms with Gasteiger partial charge >= 0.3 is 5.92 Å². The molecule has 1 aromatic carbocycles. The first-order chi connectivity index (χ1) is 13.7. The Balaban J connectivity index is 2.14. The van der Waals surface area contributed by atoms with E-state index in [0.29, 0.717) is 18.2 Å². The van der Waals surface area contributed by atoms with E-state index in [2.05, 4.69) is 25.8 Å². The Kier molecular flexibility index (Phi) is 5.64. The van der Waals surface area contributed by atoms with Crippen LogP contribution in [0.2, 0.25) is 0 Å². The van der Waals surface area contributed by atoms with E-state index in [1.807, 2.05) is 13.0 Å². The summed E-state index contributed by atoms with van der Waals surface area (Å²) >= 11 is 0. The zero-order valence-electron chi connectivity index (χ0n) is 16.1. The number of alkyl halides is 2. The highest BCUT2D eigenvalue weighted by Crippen LogP contribution is 2.28. The number of amides is 1. The van der Waals surface area contributed by atoms with E-state index < -0.39 is 23.7 Å². The van der Waals surface area contributed by atoms with Gasteiger partial charge in [0.2, 0.25) is 5.82 Å². The van der Waals surface area contributed by atoms with Gasteiger partial charge in [0.05, 0.1) is 18.0 Å². The molecule has 0 aliphatic carbocycles. The van der Waals surface area contributed by atoms with Gasteiger partial charge in [-0.15, -0.1) is 5.10 Å². The van der Waals surface area contributed by atoms with Crippen LogP contribution in [0.25, 0.3) is 16.9 Å². The lowest BCUT2D eigenvalue weighted by molar-refractivity contribution is 0.00527. The molecule has 0 radical (unpaired) electrons. The van der Waals surface area contributed by atoms with Crippen LogP contribution in [0, 0.1) is 6.92 Å². The monoisotopic (exact) mass is 402 g/mol. The molecular formula is C19H20F2N6O2. The summed E-state index contributed by atoms with van der Waals surface area (Å²) in [5.41, 5.74) is 2.42. The minimum Gasteiger partial charge on any atom is -0.394 e. The molecule has 0 saturated heterocycles. The van der Waals surface area contributed by atoms with E-state index in [1.165, 1.54) is 6.07 Å². The molecule has 8 nitrogen and oxygen atoms in total. The van der Waals surface area contributed by atoms with Crippen LogP contribution in [-0.4, -0.2) is 48.9 Å². The number of aliphatic hydroxyl groups excluding tert-OH is 1. The van der Waals surface area contributed by atoms with Gasteiger partial charge in [0.15, 0.2) is 0 Å². The van der Waals surface area contributed by atoms with Gasteiger partial charge in [0, 0.05) is 30.3 Å². The lowest BCUT2D eigenvalue weighted by Crippen LogP contribution is -2.35. The standard InChI is InChI=1S/C19H20F2N6O2/c1-11-4-5-16(22-9-11)13-6-14(17(29)23-12(2)10-28)8-15(7-13)27-18(19(3,20)21)24-25-26-27/h4-9,12,28H,10H2,1-3H3,(H,23,29). The molecule has 0 bridgehead atoms. The molecule has 2 N–H and O–H groups in total. The molecule has 3 rings (SSSR count). The SMILES string of the molecule is Cc1ccc(-c2cc(C(=O)NC(C)CO)cc(-n3nnnc3C(C)(F)F)c2)nc1. The molecule has 0 fully saturated rings. The molecular weight excluding hydrogens is 382 g/mol. The number of tetrazole rings is 1. The highest BCUT2D eigenvalue weighted by atomic mass is 19.3. The molecule has 3 aromatic rings. The number of hydrogen-bond acceptors (Lipinski definition) is 6. The second-order valence-electron chi connectivity index (χ2n) is 6.85. The molecule has 10 heteroatoms. The van der Waals surface area contributed by atoms with Crippen molar-refractivity contribution < 1.29 is 18.7 Å². The number of carbonyl (C=O) groups is 1. The molecule has 1 unspecified atom stereocenters. The zero-order valence-corrected chi connectivity index (χ0v) is 16.1. The molecule has 2 aromatic heterocycles. The summed E-state index contributed by atoms with van der Waals surface area (Å²) in [7, 11) is 0. The molecule has 2 heterocycles. The van der Waals surface area contributed by atoms with Crippen molar-refractivity contribution >= 4 is 5.91 Å². The fraction of sp³-hybridized carbons (Fsp3) is 0.316. The summed E-state index contributed by atoms with van der Waals surface area (Å²) in [6, 6.07) is 7.72. The first-order valence-corrected chi connectivity index (χ1v) is 8.86. The van der Waals surface area contributed by atoms with Gasteiger partial charge in [0.25, 0.3) is 5.91 Å². The van der Waals surface area contributed by atoms with Crippen LogP contribution in [0.4, 0.5) is 8.78 Å². The van der Waals surface area contributed by atoms with Crippen molar-refractivity contribution in [2.24, 2.45) is 0 Å². The van der Waals surface area contributed by atoms with E-state index >= 15 is 0 Å². The van der Waals surface area contributed by atoms with Gasteiger partial charge in [-0.05, 0) is 54.1 Å². The average molecular weight is 402 g/mol. The van der Waals surface area contributed by atoms with Gasteiger partial charge in [-0.25, -0.2) is 0 Å². The van der Waals surface area contributed by atoms with E-state index in [9.17, 15) is 18.7 Å². The van der Waals surface area contributed by atoms with Crippen molar-refractivity contribution in [1.82, 2.24) is 30.5 Å². The number of aromatic nitrogens is 5. The Bertz CT molecular complexity index is 1010.